The minimum absolute atomic E-state index is 0.412. The fourth-order valence-corrected chi connectivity index (χ4v) is 4.70. The number of pyridine rings is 1. The molecule has 1 fully saturated rings. The molecule has 0 radical (unpaired) electrons. The Morgan fingerprint density at radius 2 is 2.03 bits per heavy atom. The van der Waals surface area contributed by atoms with Crippen LogP contribution in [0.2, 0.25) is 0 Å². The van der Waals surface area contributed by atoms with Gasteiger partial charge in [0.25, 0.3) is 0 Å². The van der Waals surface area contributed by atoms with Gasteiger partial charge in [0.15, 0.2) is 0 Å². The van der Waals surface area contributed by atoms with E-state index in [0.717, 1.165) is 41.5 Å². The molecule has 0 atom stereocenters. The van der Waals surface area contributed by atoms with Gasteiger partial charge in [-0.1, -0.05) is 13.0 Å². The van der Waals surface area contributed by atoms with Crippen LogP contribution in [-0.2, 0) is 6.42 Å². The van der Waals surface area contributed by atoms with Gasteiger partial charge in [0.1, 0.15) is 5.65 Å². The fourth-order valence-electron chi connectivity index (χ4n) is 4.70. The van der Waals surface area contributed by atoms with Crippen LogP contribution in [0.15, 0.2) is 42.7 Å². The maximum atomic E-state index is 11.2. The minimum atomic E-state index is -0.809. The second-order valence-electron chi connectivity index (χ2n) is 7.78. The minimum Gasteiger partial charge on any atom is -0.465 e. The van der Waals surface area contributed by atoms with Crippen LogP contribution in [0.4, 0.5) is 4.79 Å². The molecular weight excluding hydrogens is 364 g/mol. The van der Waals surface area contributed by atoms with E-state index in [0.29, 0.717) is 19.0 Å². The molecule has 3 N–H and O–H groups in total. The van der Waals surface area contributed by atoms with Crippen LogP contribution >= 0.6 is 0 Å². The highest BCUT2D eigenvalue weighted by Gasteiger charge is 2.24. The lowest BCUT2D eigenvalue weighted by Crippen LogP contribution is -2.36. The van der Waals surface area contributed by atoms with E-state index in [2.05, 4.69) is 52.2 Å². The number of aryl methyl sites for hydroxylation is 1. The van der Waals surface area contributed by atoms with Crippen LogP contribution in [0.5, 0.6) is 0 Å². The number of H-pyrrole nitrogens is 2. The summed E-state index contributed by atoms with van der Waals surface area (Å²) in [5.41, 5.74) is 6.99. The number of carbonyl (C=O) groups is 1. The lowest BCUT2D eigenvalue weighted by molar-refractivity contribution is 0.132. The smallest absolute Gasteiger partial charge is 0.407 e. The Bertz CT molecular complexity index is 1200. The van der Waals surface area contributed by atoms with Gasteiger partial charge in [-0.05, 0) is 60.6 Å². The predicted molar refractivity (Wildman–Crippen MR) is 114 cm³/mol. The maximum Gasteiger partial charge on any atom is 0.407 e. The Hall–Kier alpha value is -3.28. The van der Waals surface area contributed by atoms with Gasteiger partial charge in [-0.3, -0.25) is 0 Å². The third-order valence-electron chi connectivity index (χ3n) is 6.25. The first kappa shape index (κ1) is 17.8. The molecule has 1 saturated heterocycles. The molecule has 0 bridgehead atoms. The molecule has 1 aliphatic heterocycles. The van der Waals surface area contributed by atoms with E-state index in [1.54, 1.807) is 0 Å². The van der Waals surface area contributed by atoms with E-state index >= 15 is 0 Å². The predicted octanol–water partition coefficient (Wildman–Crippen LogP) is 5.13. The summed E-state index contributed by atoms with van der Waals surface area (Å²) in [7, 11) is 0. The van der Waals surface area contributed by atoms with Crippen LogP contribution in [0.25, 0.3) is 33.2 Å². The molecule has 1 aliphatic rings. The maximum absolute atomic E-state index is 11.2. The Morgan fingerprint density at radius 3 is 2.79 bits per heavy atom. The summed E-state index contributed by atoms with van der Waals surface area (Å²) >= 11 is 0. The van der Waals surface area contributed by atoms with E-state index in [1.807, 2.05) is 12.4 Å². The second-order valence-corrected chi connectivity index (χ2v) is 7.78. The number of fused-ring (bicyclic) bond motifs is 2. The average molecular weight is 388 g/mol. The van der Waals surface area contributed by atoms with E-state index in [4.69, 9.17) is 0 Å². The molecule has 0 saturated carbocycles. The molecule has 1 amide bonds. The van der Waals surface area contributed by atoms with Crippen LogP contribution in [-0.4, -0.2) is 44.1 Å². The number of hydrogen-bond donors (Lipinski definition) is 3. The SMILES string of the molecule is CCc1c(-c2ccnc3[nH]ccc23)[nH]c2ccc(C3CCN(C(=O)O)CC3)cc12. The van der Waals surface area contributed by atoms with Crippen LogP contribution in [0, 0.1) is 0 Å². The summed E-state index contributed by atoms with van der Waals surface area (Å²) < 4.78 is 0. The number of rotatable bonds is 3. The molecule has 0 aliphatic carbocycles. The molecule has 0 spiro atoms. The number of aromatic amines is 2. The van der Waals surface area contributed by atoms with Crippen molar-refractivity contribution in [2.45, 2.75) is 32.1 Å². The lowest BCUT2D eigenvalue weighted by atomic mass is 9.88. The summed E-state index contributed by atoms with van der Waals surface area (Å²) in [6, 6.07) is 10.8. The van der Waals surface area contributed by atoms with Gasteiger partial charge in [0.2, 0.25) is 0 Å². The van der Waals surface area contributed by atoms with Crippen molar-refractivity contribution in [2.75, 3.05) is 13.1 Å². The Balaban J connectivity index is 1.55. The number of amides is 1. The molecule has 6 heteroatoms. The van der Waals surface area contributed by atoms with E-state index in [9.17, 15) is 9.90 Å². The van der Waals surface area contributed by atoms with Gasteiger partial charge in [0.05, 0.1) is 5.69 Å². The van der Waals surface area contributed by atoms with Crippen molar-refractivity contribution in [3.8, 4) is 11.3 Å². The normalized spacial score (nSPS) is 15.4. The molecule has 4 aromatic rings. The standard InChI is InChI=1S/C23H24N4O2/c1-2-16-19-13-15(14-7-11-27(12-8-14)23(28)29)3-4-20(19)26-21(16)17-5-9-24-22-18(17)6-10-25-22/h3-6,9-10,13-14,26H,2,7-8,11-12H2,1H3,(H,24,25)(H,28,29). The Labute approximate surface area is 168 Å². The van der Waals surface area contributed by atoms with Gasteiger partial charge in [0, 0.05) is 47.3 Å². The van der Waals surface area contributed by atoms with Crippen molar-refractivity contribution in [3.63, 3.8) is 0 Å². The van der Waals surface area contributed by atoms with E-state index < -0.39 is 6.09 Å². The number of aromatic nitrogens is 3. The first-order valence-corrected chi connectivity index (χ1v) is 10.2. The number of likely N-dealkylation sites (tertiary alicyclic amines) is 1. The summed E-state index contributed by atoms with van der Waals surface area (Å²) in [6.45, 7) is 3.42. The molecule has 1 aromatic carbocycles. The monoisotopic (exact) mass is 388 g/mol. The van der Waals surface area contributed by atoms with E-state index in [1.165, 1.54) is 27.0 Å². The zero-order valence-electron chi connectivity index (χ0n) is 16.4. The Kier molecular flexibility index (Phi) is 4.27. The molecule has 3 aromatic heterocycles. The number of nitrogens with zero attached hydrogens (tertiary/aromatic N) is 2. The number of piperidine rings is 1. The van der Waals surface area contributed by atoms with Gasteiger partial charge in [-0.2, -0.15) is 0 Å². The summed E-state index contributed by atoms with van der Waals surface area (Å²) in [6.07, 6.45) is 5.66. The average Bonchev–Trinajstić information content (AvgIpc) is 3.37. The fraction of sp³-hybridized carbons (Fsp3) is 0.304. The first-order chi connectivity index (χ1) is 14.2. The molecule has 5 rings (SSSR count). The van der Waals surface area contributed by atoms with Crippen molar-refractivity contribution < 1.29 is 9.90 Å². The van der Waals surface area contributed by atoms with Crippen molar-refractivity contribution in [3.05, 3.63) is 53.9 Å². The molecular formula is C23H24N4O2. The lowest BCUT2D eigenvalue weighted by Gasteiger charge is -2.30. The zero-order valence-corrected chi connectivity index (χ0v) is 16.4. The van der Waals surface area contributed by atoms with Crippen LogP contribution in [0.1, 0.15) is 36.8 Å². The summed E-state index contributed by atoms with van der Waals surface area (Å²) in [4.78, 5) is 23.9. The number of nitrogens with one attached hydrogen (secondary N) is 2. The van der Waals surface area contributed by atoms with Crippen molar-refractivity contribution in [1.82, 2.24) is 19.9 Å². The van der Waals surface area contributed by atoms with Crippen LogP contribution in [0.3, 0.4) is 0 Å². The van der Waals surface area contributed by atoms with Gasteiger partial charge in [-0.15, -0.1) is 0 Å². The van der Waals surface area contributed by atoms with Gasteiger partial charge < -0.3 is 20.0 Å². The highest BCUT2D eigenvalue weighted by molar-refractivity contribution is 5.98. The number of hydrogen-bond acceptors (Lipinski definition) is 2. The third-order valence-corrected chi connectivity index (χ3v) is 6.25. The van der Waals surface area contributed by atoms with Crippen LogP contribution < -0.4 is 0 Å². The van der Waals surface area contributed by atoms with Gasteiger partial charge in [-0.25, -0.2) is 9.78 Å². The molecule has 6 nitrogen and oxygen atoms in total. The largest absolute Gasteiger partial charge is 0.465 e. The Morgan fingerprint density at radius 1 is 1.21 bits per heavy atom. The third kappa shape index (κ3) is 2.95. The quantitative estimate of drug-likeness (QED) is 0.455. The highest BCUT2D eigenvalue weighted by atomic mass is 16.4. The first-order valence-electron chi connectivity index (χ1n) is 10.2. The second kappa shape index (κ2) is 6.95. The number of carboxylic acid groups (broad SMARTS) is 1. The molecule has 148 valence electrons. The zero-order chi connectivity index (χ0) is 20.0. The van der Waals surface area contributed by atoms with Gasteiger partial charge >= 0.3 is 6.09 Å². The number of benzene rings is 1. The van der Waals surface area contributed by atoms with Crippen molar-refractivity contribution in [1.29, 1.82) is 0 Å². The van der Waals surface area contributed by atoms with E-state index in [-0.39, 0.29) is 0 Å². The van der Waals surface area contributed by atoms with Crippen molar-refractivity contribution >= 4 is 28.0 Å². The topological polar surface area (TPSA) is 85.0 Å². The summed E-state index contributed by atoms with van der Waals surface area (Å²) in [5.74, 6) is 0.412. The molecule has 4 heterocycles. The summed E-state index contributed by atoms with van der Waals surface area (Å²) in [5, 5.41) is 11.6. The molecule has 0 unspecified atom stereocenters. The molecule has 29 heavy (non-hydrogen) atoms. The van der Waals surface area contributed by atoms with Crippen molar-refractivity contribution in [2.24, 2.45) is 0 Å². The highest BCUT2D eigenvalue weighted by Crippen LogP contribution is 2.37.